The number of ether oxygens (including phenoxy) is 3. The molecule has 1 aromatic heterocycles. The first-order valence-electron chi connectivity index (χ1n) is 10.8. The molecule has 1 fully saturated rings. The lowest BCUT2D eigenvalue weighted by molar-refractivity contribution is 0.0489. The molecule has 0 radical (unpaired) electrons. The summed E-state index contributed by atoms with van der Waals surface area (Å²) in [6.45, 7) is 7.02. The Morgan fingerprint density at radius 1 is 1.21 bits per heavy atom. The maximum atomic E-state index is 12.0. The summed E-state index contributed by atoms with van der Waals surface area (Å²) >= 11 is 0. The highest BCUT2D eigenvalue weighted by molar-refractivity contribution is 5.67. The monoisotopic (exact) mass is 409 g/mol. The van der Waals surface area contributed by atoms with E-state index in [4.69, 9.17) is 14.2 Å². The summed E-state index contributed by atoms with van der Waals surface area (Å²) in [6.07, 6.45) is 4.82. The van der Waals surface area contributed by atoms with Crippen LogP contribution in [0.2, 0.25) is 0 Å². The van der Waals surface area contributed by atoms with Crippen molar-refractivity contribution in [2.75, 3.05) is 52.7 Å². The largest absolute Gasteiger partial charge is 0.449 e. The summed E-state index contributed by atoms with van der Waals surface area (Å²) in [5, 5.41) is 14.4. The number of hydrogen-bond donors (Lipinski definition) is 2. The Bertz CT molecular complexity index is 653. The Morgan fingerprint density at radius 2 is 2.00 bits per heavy atom. The molecule has 1 aromatic rings. The van der Waals surface area contributed by atoms with E-state index in [-0.39, 0.29) is 11.5 Å². The van der Waals surface area contributed by atoms with Gasteiger partial charge in [-0.05, 0) is 44.6 Å². The summed E-state index contributed by atoms with van der Waals surface area (Å²) in [4.78, 5) is 12.0. The Morgan fingerprint density at radius 3 is 2.79 bits per heavy atom. The van der Waals surface area contributed by atoms with Gasteiger partial charge in [-0.15, -0.1) is 5.10 Å². The van der Waals surface area contributed by atoms with E-state index in [0.717, 1.165) is 50.9 Å². The van der Waals surface area contributed by atoms with Gasteiger partial charge in [-0.2, -0.15) is 0 Å². The number of aromatic nitrogens is 3. The summed E-state index contributed by atoms with van der Waals surface area (Å²) in [5.41, 5.74) is 2.49. The van der Waals surface area contributed by atoms with Crippen molar-refractivity contribution in [3.05, 3.63) is 11.4 Å². The van der Waals surface area contributed by atoms with Gasteiger partial charge in [0.05, 0.1) is 44.4 Å². The van der Waals surface area contributed by atoms with Crippen LogP contribution in [0.1, 0.15) is 37.6 Å². The van der Waals surface area contributed by atoms with Crippen LogP contribution in [0.25, 0.3) is 0 Å². The van der Waals surface area contributed by atoms with Crippen molar-refractivity contribution in [2.24, 2.45) is 18.4 Å². The second kappa shape index (κ2) is 10.9. The second-order valence-electron chi connectivity index (χ2n) is 7.99. The van der Waals surface area contributed by atoms with Gasteiger partial charge in [-0.1, -0.05) is 12.1 Å². The van der Waals surface area contributed by atoms with E-state index < -0.39 is 0 Å². The average molecular weight is 410 g/mol. The molecule has 0 spiro atoms. The molecule has 2 N–H and O–H groups in total. The molecule has 1 heterocycles. The van der Waals surface area contributed by atoms with Crippen molar-refractivity contribution in [1.82, 2.24) is 25.6 Å². The lowest BCUT2D eigenvalue weighted by atomic mass is 9.91. The summed E-state index contributed by atoms with van der Waals surface area (Å²) in [6, 6.07) is 0. The molecule has 2 aliphatic rings. The number of fused-ring (bicyclic) bond motifs is 2. The minimum atomic E-state index is -0.363. The molecule has 2 aliphatic carbocycles. The highest BCUT2D eigenvalue weighted by atomic mass is 16.6. The third-order valence-corrected chi connectivity index (χ3v) is 6.02. The van der Waals surface area contributed by atoms with Crippen LogP contribution in [0.5, 0.6) is 0 Å². The second-order valence-corrected chi connectivity index (χ2v) is 7.99. The lowest BCUT2D eigenvalue weighted by Gasteiger charge is -2.20. The fourth-order valence-corrected chi connectivity index (χ4v) is 4.12. The summed E-state index contributed by atoms with van der Waals surface area (Å²) < 4.78 is 18.3. The fourth-order valence-electron chi connectivity index (χ4n) is 4.12. The highest BCUT2D eigenvalue weighted by Gasteiger charge is 2.54. The Kier molecular flexibility index (Phi) is 8.26. The SMILES string of the molecule is CCNCCOCCOCCNC(=O)OCC12CCc3nnn(C)c3CCC1C2. The van der Waals surface area contributed by atoms with E-state index in [2.05, 4.69) is 27.9 Å². The van der Waals surface area contributed by atoms with E-state index >= 15 is 0 Å². The van der Waals surface area contributed by atoms with Gasteiger partial charge in [0.25, 0.3) is 0 Å². The van der Waals surface area contributed by atoms with Crippen LogP contribution in [-0.4, -0.2) is 73.8 Å². The number of rotatable bonds is 12. The van der Waals surface area contributed by atoms with Crippen LogP contribution >= 0.6 is 0 Å². The number of nitrogens with one attached hydrogen (secondary N) is 2. The lowest BCUT2D eigenvalue weighted by Crippen LogP contribution is -2.31. The Labute approximate surface area is 172 Å². The number of likely N-dealkylation sites (N-methyl/N-ethyl adjacent to an activating group) is 1. The van der Waals surface area contributed by atoms with Crippen molar-refractivity contribution in [3.63, 3.8) is 0 Å². The van der Waals surface area contributed by atoms with Gasteiger partial charge in [0.2, 0.25) is 0 Å². The van der Waals surface area contributed by atoms with Gasteiger partial charge in [0.15, 0.2) is 0 Å². The molecule has 2 unspecified atom stereocenters. The van der Waals surface area contributed by atoms with Gasteiger partial charge >= 0.3 is 6.09 Å². The molecule has 3 rings (SSSR count). The summed E-state index contributed by atoms with van der Waals surface area (Å²) in [5.74, 6) is 0.634. The molecule has 29 heavy (non-hydrogen) atoms. The van der Waals surface area contributed by atoms with Crippen LogP contribution in [0.3, 0.4) is 0 Å². The van der Waals surface area contributed by atoms with Crippen molar-refractivity contribution in [1.29, 1.82) is 0 Å². The number of nitrogens with zero attached hydrogens (tertiary/aromatic N) is 3. The van der Waals surface area contributed by atoms with Crippen molar-refractivity contribution >= 4 is 6.09 Å². The smallest absolute Gasteiger partial charge is 0.407 e. The molecule has 2 atom stereocenters. The number of hydrogen-bond acceptors (Lipinski definition) is 7. The maximum absolute atomic E-state index is 12.0. The van der Waals surface area contributed by atoms with E-state index in [1.54, 1.807) is 0 Å². The molecule has 1 amide bonds. The van der Waals surface area contributed by atoms with Gasteiger partial charge < -0.3 is 24.8 Å². The third kappa shape index (κ3) is 6.38. The van der Waals surface area contributed by atoms with Gasteiger partial charge in [-0.3, -0.25) is 4.68 Å². The van der Waals surface area contributed by atoms with Crippen LogP contribution in [0, 0.1) is 11.3 Å². The molecule has 9 nitrogen and oxygen atoms in total. The standard InChI is InChI=1S/C20H35N5O4/c1-3-21-8-10-27-12-13-28-11-9-22-19(26)29-15-20-7-6-17-18(25(2)24-23-17)5-4-16(20)14-20/h16,21H,3-15H2,1-2H3,(H,22,26). The van der Waals surface area contributed by atoms with Crippen LogP contribution < -0.4 is 10.6 Å². The first kappa shape index (κ1) is 22.0. The fraction of sp³-hybridized carbons (Fsp3) is 0.850. The molecule has 1 saturated carbocycles. The minimum absolute atomic E-state index is 0.132. The van der Waals surface area contributed by atoms with E-state index in [1.807, 2.05) is 11.7 Å². The number of aryl methyl sites for hydroxylation is 2. The first-order chi connectivity index (χ1) is 14.1. The average Bonchev–Trinajstić information content (AvgIpc) is 3.27. The molecular weight excluding hydrogens is 374 g/mol. The number of carbonyl (C=O) groups is 1. The van der Waals surface area contributed by atoms with Gasteiger partial charge in [0.1, 0.15) is 0 Å². The van der Waals surface area contributed by atoms with Crippen LogP contribution in [0.15, 0.2) is 0 Å². The molecule has 0 bridgehead atoms. The topological polar surface area (TPSA) is 99.5 Å². The van der Waals surface area contributed by atoms with Crippen molar-refractivity contribution in [2.45, 2.75) is 39.0 Å². The quantitative estimate of drug-likeness (QED) is 0.498. The molecule has 9 heteroatoms. The first-order valence-corrected chi connectivity index (χ1v) is 10.8. The number of carbonyl (C=O) groups excluding carboxylic acids is 1. The molecule has 0 aliphatic heterocycles. The number of amides is 1. The zero-order valence-electron chi connectivity index (χ0n) is 17.7. The summed E-state index contributed by atoms with van der Waals surface area (Å²) in [7, 11) is 1.96. The van der Waals surface area contributed by atoms with E-state index in [9.17, 15) is 4.79 Å². The predicted molar refractivity (Wildman–Crippen MR) is 108 cm³/mol. The Balaban J connectivity index is 1.24. The zero-order valence-corrected chi connectivity index (χ0v) is 17.7. The molecule has 164 valence electrons. The highest BCUT2D eigenvalue weighted by Crippen LogP contribution is 2.58. The van der Waals surface area contributed by atoms with Crippen LogP contribution in [-0.2, 0) is 34.1 Å². The van der Waals surface area contributed by atoms with Crippen LogP contribution in [0.4, 0.5) is 4.79 Å². The number of alkyl carbamates (subject to hydrolysis) is 1. The van der Waals surface area contributed by atoms with E-state index in [0.29, 0.717) is 45.5 Å². The van der Waals surface area contributed by atoms with Gasteiger partial charge in [-0.25, -0.2) is 4.79 Å². The van der Waals surface area contributed by atoms with Crippen molar-refractivity contribution in [3.8, 4) is 0 Å². The minimum Gasteiger partial charge on any atom is -0.449 e. The van der Waals surface area contributed by atoms with E-state index in [1.165, 1.54) is 5.69 Å². The molecule has 0 saturated heterocycles. The zero-order chi connectivity index (χ0) is 20.5. The maximum Gasteiger partial charge on any atom is 0.407 e. The molecular formula is C20H35N5O4. The van der Waals surface area contributed by atoms with Crippen molar-refractivity contribution < 1.29 is 19.0 Å². The third-order valence-electron chi connectivity index (χ3n) is 6.02. The van der Waals surface area contributed by atoms with Gasteiger partial charge in [0, 0.05) is 25.6 Å². The Hall–Kier alpha value is -1.71. The molecule has 0 aromatic carbocycles. The normalized spacial score (nSPS) is 22.9. The predicted octanol–water partition coefficient (Wildman–Crippen LogP) is 1.07.